The van der Waals surface area contributed by atoms with E-state index >= 15 is 0 Å². The summed E-state index contributed by atoms with van der Waals surface area (Å²) >= 11 is 0. The van der Waals surface area contributed by atoms with Gasteiger partial charge in [0.25, 0.3) is 0 Å². The first-order valence-corrected chi connectivity index (χ1v) is 11.3. The molecule has 0 saturated carbocycles. The summed E-state index contributed by atoms with van der Waals surface area (Å²) in [6.45, 7) is 5.90. The second-order valence-corrected chi connectivity index (χ2v) is 7.85. The third kappa shape index (κ3) is 7.00. The molecule has 156 valence electrons. The maximum atomic E-state index is 5.71. The summed E-state index contributed by atoms with van der Waals surface area (Å²) in [6.07, 6.45) is 9.92. The van der Waals surface area contributed by atoms with Gasteiger partial charge in [0, 0.05) is 6.61 Å². The van der Waals surface area contributed by atoms with Gasteiger partial charge in [-0.15, -0.1) is 0 Å². The van der Waals surface area contributed by atoms with E-state index in [1.807, 2.05) is 0 Å². The quantitative estimate of drug-likeness (QED) is 0.298. The van der Waals surface area contributed by atoms with Gasteiger partial charge in [-0.25, -0.2) is 0 Å². The molecule has 1 heteroatoms. The molecule has 0 bridgehead atoms. The summed E-state index contributed by atoms with van der Waals surface area (Å²) in [4.78, 5) is 0. The van der Waals surface area contributed by atoms with Crippen molar-refractivity contribution in [3.63, 3.8) is 0 Å². The van der Waals surface area contributed by atoms with Gasteiger partial charge in [-0.05, 0) is 59.1 Å². The van der Waals surface area contributed by atoms with Crippen LogP contribution in [0, 0.1) is 0 Å². The van der Waals surface area contributed by atoms with E-state index in [2.05, 4.69) is 98.8 Å². The van der Waals surface area contributed by atoms with E-state index < -0.39 is 0 Å². The molecule has 0 saturated heterocycles. The van der Waals surface area contributed by atoms with Gasteiger partial charge in [0.2, 0.25) is 0 Å². The predicted octanol–water partition coefficient (Wildman–Crippen LogP) is 7.88. The molecule has 0 aliphatic heterocycles. The van der Waals surface area contributed by atoms with Gasteiger partial charge >= 0.3 is 0 Å². The van der Waals surface area contributed by atoms with Gasteiger partial charge in [0.1, 0.15) is 0 Å². The van der Waals surface area contributed by atoms with Crippen molar-refractivity contribution in [3.05, 3.63) is 101 Å². The van der Waals surface area contributed by atoms with Gasteiger partial charge < -0.3 is 4.74 Å². The fraction of sp³-hybridized carbons (Fsp3) is 0.310. The van der Waals surface area contributed by atoms with Crippen molar-refractivity contribution in [2.45, 2.75) is 52.6 Å². The Hall–Kier alpha value is -2.64. The van der Waals surface area contributed by atoms with Crippen LogP contribution in [0.2, 0.25) is 0 Å². The Morgan fingerprint density at radius 3 is 1.73 bits per heavy atom. The topological polar surface area (TPSA) is 9.23 Å². The smallest absolute Gasteiger partial charge is 0.0716 e. The number of hydrogen-bond donors (Lipinski definition) is 0. The third-order valence-electron chi connectivity index (χ3n) is 5.38. The average molecular weight is 399 g/mol. The Morgan fingerprint density at radius 1 is 0.667 bits per heavy atom. The molecule has 0 radical (unpaired) electrons. The van der Waals surface area contributed by atoms with Crippen molar-refractivity contribution in [1.82, 2.24) is 0 Å². The van der Waals surface area contributed by atoms with Crippen LogP contribution in [0.3, 0.4) is 0 Å². The van der Waals surface area contributed by atoms with E-state index in [1.165, 1.54) is 39.8 Å². The lowest BCUT2D eigenvalue weighted by Crippen LogP contribution is -1.95. The van der Waals surface area contributed by atoms with Crippen LogP contribution >= 0.6 is 0 Å². The van der Waals surface area contributed by atoms with Crippen molar-refractivity contribution in [1.29, 1.82) is 0 Å². The summed E-state index contributed by atoms with van der Waals surface area (Å²) in [7, 11) is 0. The zero-order valence-electron chi connectivity index (χ0n) is 18.4. The molecule has 0 fully saturated rings. The highest BCUT2D eigenvalue weighted by Crippen LogP contribution is 2.21. The van der Waals surface area contributed by atoms with E-state index in [-0.39, 0.29) is 0 Å². The Kier molecular flexibility index (Phi) is 8.93. The van der Waals surface area contributed by atoms with Crippen LogP contribution < -0.4 is 0 Å². The largest absolute Gasteiger partial charge is 0.377 e. The van der Waals surface area contributed by atoms with Gasteiger partial charge in [0.15, 0.2) is 0 Å². The molecule has 3 aromatic carbocycles. The predicted molar refractivity (Wildman–Crippen MR) is 130 cm³/mol. The summed E-state index contributed by atoms with van der Waals surface area (Å²) < 4.78 is 5.71. The Labute approximate surface area is 182 Å². The Balaban J connectivity index is 1.51. The number of ether oxygens (including phenoxy) is 1. The molecule has 0 aliphatic rings. The standard InChI is InChI=1S/C29H34O/c1-3-5-7-24-8-10-25(11-9-24)12-13-26-14-18-28(19-15-26)29-20-16-27(17-21-29)23-30-22-6-4-2/h5,7-11,14-21H,3-4,6,12-13,22-23H2,1-2H3. The molecule has 0 aromatic heterocycles. The maximum Gasteiger partial charge on any atom is 0.0716 e. The van der Waals surface area contributed by atoms with Gasteiger partial charge in [-0.1, -0.05) is 105 Å². The van der Waals surface area contributed by atoms with Crippen molar-refractivity contribution >= 4 is 6.08 Å². The molecule has 0 spiro atoms. The van der Waals surface area contributed by atoms with E-state index in [0.717, 1.165) is 32.3 Å². The normalized spacial score (nSPS) is 11.3. The van der Waals surface area contributed by atoms with Gasteiger partial charge in [0.05, 0.1) is 6.61 Å². The van der Waals surface area contributed by atoms with E-state index in [1.54, 1.807) is 0 Å². The Morgan fingerprint density at radius 2 is 1.20 bits per heavy atom. The summed E-state index contributed by atoms with van der Waals surface area (Å²) in [5, 5.41) is 0. The van der Waals surface area contributed by atoms with Crippen LogP contribution in [-0.2, 0) is 24.2 Å². The van der Waals surface area contributed by atoms with Crippen LogP contribution in [0.1, 0.15) is 55.4 Å². The fourth-order valence-electron chi connectivity index (χ4n) is 3.43. The minimum atomic E-state index is 0.703. The van der Waals surface area contributed by atoms with Crippen LogP contribution in [0.25, 0.3) is 17.2 Å². The van der Waals surface area contributed by atoms with E-state index in [4.69, 9.17) is 4.74 Å². The van der Waals surface area contributed by atoms with Crippen LogP contribution in [0.5, 0.6) is 0 Å². The first-order valence-electron chi connectivity index (χ1n) is 11.3. The fourth-order valence-corrected chi connectivity index (χ4v) is 3.43. The molecule has 0 atom stereocenters. The minimum Gasteiger partial charge on any atom is -0.377 e. The number of hydrogen-bond acceptors (Lipinski definition) is 1. The van der Waals surface area contributed by atoms with Gasteiger partial charge in [-0.3, -0.25) is 0 Å². The molecule has 0 unspecified atom stereocenters. The monoisotopic (exact) mass is 398 g/mol. The second-order valence-electron chi connectivity index (χ2n) is 7.85. The van der Waals surface area contributed by atoms with Crippen LogP contribution in [0.15, 0.2) is 78.9 Å². The maximum absolute atomic E-state index is 5.71. The highest BCUT2D eigenvalue weighted by molar-refractivity contribution is 5.64. The molecule has 0 aliphatic carbocycles. The van der Waals surface area contributed by atoms with Crippen LogP contribution in [0.4, 0.5) is 0 Å². The van der Waals surface area contributed by atoms with E-state index in [0.29, 0.717) is 6.61 Å². The molecule has 0 heterocycles. The van der Waals surface area contributed by atoms with Crippen LogP contribution in [-0.4, -0.2) is 6.61 Å². The lowest BCUT2D eigenvalue weighted by atomic mass is 9.99. The SMILES string of the molecule is CCC=Cc1ccc(CCc2ccc(-c3ccc(COCCCC)cc3)cc2)cc1. The summed E-state index contributed by atoms with van der Waals surface area (Å²) in [6, 6.07) is 26.7. The van der Waals surface area contributed by atoms with Crippen molar-refractivity contribution in [3.8, 4) is 11.1 Å². The Bertz CT molecular complexity index is 887. The average Bonchev–Trinajstić information content (AvgIpc) is 2.81. The summed E-state index contributed by atoms with van der Waals surface area (Å²) in [5.74, 6) is 0. The lowest BCUT2D eigenvalue weighted by molar-refractivity contribution is 0.118. The zero-order chi connectivity index (χ0) is 21.0. The molecular weight excluding hydrogens is 364 g/mol. The molecule has 3 rings (SSSR count). The van der Waals surface area contributed by atoms with Crippen molar-refractivity contribution in [2.75, 3.05) is 6.61 Å². The first-order chi connectivity index (χ1) is 14.8. The second kappa shape index (κ2) is 12.1. The zero-order valence-corrected chi connectivity index (χ0v) is 18.4. The molecular formula is C29H34O. The molecule has 1 nitrogen and oxygen atoms in total. The highest BCUT2D eigenvalue weighted by Gasteiger charge is 2.01. The molecule has 0 amide bonds. The molecule has 30 heavy (non-hydrogen) atoms. The van der Waals surface area contributed by atoms with Crippen molar-refractivity contribution < 1.29 is 4.74 Å². The van der Waals surface area contributed by atoms with Gasteiger partial charge in [-0.2, -0.15) is 0 Å². The lowest BCUT2D eigenvalue weighted by Gasteiger charge is -2.07. The minimum absolute atomic E-state index is 0.703. The molecule has 3 aromatic rings. The summed E-state index contributed by atoms with van der Waals surface area (Å²) in [5.41, 5.74) is 7.82. The number of rotatable bonds is 11. The highest BCUT2D eigenvalue weighted by atomic mass is 16.5. The third-order valence-corrected chi connectivity index (χ3v) is 5.38. The number of benzene rings is 3. The first kappa shape index (κ1) is 22.1. The van der Waals surface area contributed by atoms with E-state index in [9.17, 15) is 0 Å². The van der Waals surface area contributed by atoms with Crippen molar-refractivity contribution in [2.24, 2.45) is 0 Å². The number of aryl methyl sites for hydroxylation is 2. The number of allylic oxidation sites excluding steroid dienone is 1. The number of unbranched alkanes of at least 4 members (excludes halogenated alkanes) is 1. The molecule has 0 N–H and O–H groups in total.